The molecule has 0 atom stereocenters. The summed E-state index contributed by atoms with van der Waals surface area (Å²) in [6.45, 7) is 6.94. The van der Waals surface area contributed by atoms with Crippen LogP contribution < -0.4 is 29.3 Å². The van der Waals surface area contributed by atoms with E-state index in [0.717, 1.165) is 69.6 Å². The Kier molecular flexibility index (Phi) is 9.68. The molecule has 0 radical (unpaired) electrons. The van der Waals surface area contributed by atoms with Crippen molar-refractivity contribution in [2.24, 2.45) is 0 Å². The largest absolute Gasteiger partial charge is 0.494 e. The molecule has 1 aromatic heterocycles. The lowest BCUT2D eigenvalue weighted by Crippen LogP contribution is -2.44. The number of benzene rings is 2. The molecule has 3 aliphatic heterocycles. The smallest absolute Gasteiger partial charge is 0.232 e. The fourth-order valence-electron chi connectivity index (χ4n) is 5.22. The molecular weight excluding hydrogens is 590 g/mol. The molecule has 6 bridgehead atoms. The van der Waals surface area contributed by atoms with Crippen LogP contribution in [0.2, 0.25) is 5.02 Å². The summed E-state index contributed by atoms with van der Waals surface area (Å²) in [7, 11) is 0.104. The second kappa shape index (κ2) is 13.4. The fourth-order valence-corrected chi connectivity index (χ4v) is 5.87. The number of ether oxygens (including phenoxy) is 2. The van der Waals surface area contributed by atoms with Crippen LogP contribution in [0.1, 0.15) is 31.7 Å². The van der Waals surface area contributed by atoms with E-state index in [2.05, 4.69) is 49.6 Å². The highest BCUT2D eigenvalue weighted by Gasteiger charge is 2.22. The molecular formula is C30H40ClN7O4S. The molecule has 2 aromatic carbocycles. The van der Waals surface area contributed by atoms with Crippen molar-refractivity contribution in [3.63, 3.8) is 0 Å². The molecule has 0 amide bonds. The monoisotopic (exact) mass is 629 g/mol. The number of anilines is 6. The molecule has 0 spiro atoms. The van der Waals surface area contributed by atoms with Crippen LogP contribution in [0, 0.1) is 0 Å². The van der Waals surface area contributed by atoms with Gasteiger partial charge in [-0.05, 0) is 63.4 Å². The minimum atomic E-state index is -3.55. The van der Waals surface area contributed by atoms with Crippen LogP contribution >= 0.6 is 11.6 Å². The second-order valence-electron chi connectivity index (χ2n) is 10.9. The zero-order valence-electron chi connectivity index (χ0n) is 25.2. The average molecular weight is 630 g/mol. The highest BCUT2D eigenvalue weighted by atomic mass is 35.5. The van der Waals surface area contributed by atoms with Gasteiger partial charge in [-0.15, -0.1) is 0 Å². The molecule has 11 nitrogen and oxygen atoms in total. The number of rotatable bonds is 5. The van der Waals surface area contributed by atoms with Gasteiger partial charge in [0.1, 0.15) is 16.5 Å². The van der Waals surface area contributed by atoms with E-state index in [1.54, 1.807) is 18.2 Å². The number of likely N-dealkylation sites (N-methyl/N-ethyl adjacent to an activating group) is 1. The first kappa shape index (κ1) is 31.0. The maximum absolute atomic E-state index is 12.5. The van der Waals surface area contributed by atoms with Crippen molar-refractivity contribution in [1.82, 2.24) is 14.9 Å². The number of aryl methyl sites for hydroxylation is 1. The van der Waals surface area contributed by atoms with Gasteiger partial charge in [-0.1, -0.05) is 11.6 Å². The molecule has 43 heavy (non-hydrogen) atoms. The average Bonchev–Trinajstić information content (AvgIpc) is 2.97. The highest BCUT2D eigenvalue weighted by molar-refractivity contribution is 7.92. The van der Waals surface area contributed by atoms with Crippen molar-refractivity contribution in [3.05, 3.63) is 47.1 Å². The van der Waals surface area contributed by atoms with Crippen molar-refractivity contribution in [1.29, 1.82) is 0 Å². The van der Waals surface area contributed by atoms with Gasteiger partial charge in [0.2, 0.25) is 16.0 Å². The predicted molar refractivity (Wildman–Crippen MR) is 174 cm³/mol. The van der Waals surface area contributed by atoms with Crippen LogP contribution in [0.3, 0.4) is 0 Å². The number of sulfonamides is 1. The molecule has 13 heteroatoms. The summed E-state index contributed by atoms with van der Waals surface area (Å²) in [5.41, 5.74) is 4.13. The maximum atomic E-state index is 12.5. The van der Waals surface area contributed by atoms with Gasteiger partial charge < -0.3 is 29.9 Å². The third-order valence-corrected chi connectivity index (χ3v) is 9.20. The van der Waals surface area contributed by atoms with Crippen LogP contribution in [0.5, 0.6) is 11.5 Å². The Morgan fingerprint density at radius 2 is 1.86 bits per heavy atom. The number of aromatic nitrogens is 2. The normalized spacial score (nSPS) is 16.3. The van der Waals surface area contributed by atoms with E-state index in [9.17, 15) is 8.42 Å². The molecule has 0 saturated carbocycles. The highest BCUT2D eigenvalue weighted by Crippen LogP contribution is 2.38. The van der Waals surface area contributed by atoms with Gasteiger partial charge in [0.05, 0.1) is 42.7 Å². The van der Waals surface area contributed by atoms with Crippen LogP contribution in [0.4, 0.5) is 34.5 Å². The van der Waals surface area contributed by atoms with Gasteiger partial charge in [-0.25, -0.2) is 13.4 Å². The lowest BCUT2D eigenvalue weighted by molar-refractivity contribution is 0.305. The molecule has 3 aromatic rings. The SMILES string of the molecule is CCOc1cc(N2CCN(C)CC2)c2cc1Nc1ncc(Cl)c(n1)Nc1ccc(cc1N(C)S(C)(=O)=O)OCCCCC2. The van der Waals surface area contributed by atoms with Gasteiger partial charge in [0.25, 0.3) is 0 Å². The zero-order valence-corrected chi connectivity index (χ0v) is 26.8. The van der Waals surface area contributed by atoms with E-state index in [0.29, 0.717) is 42.1 Å². The fraction of sp³-hybridized carbons (Fsp3) is 0.467. The van der Waals surface area contributed by atoms with E-state index in [4.69, 9.17) is 21.1 Å². The molecule has 3 aliphatic rings. The summed E-state index contributed by atoms with van der Waals surface area (Å²) in [5, 5.41) is 6.85. The molecule has 0 unspecified atom stereocenters. The maximum Gasteiger partial charge on any atom is 0.232 e. The first-order valence-corrected chi connectivity index (χ1v) is 16.9. The Bertz CT molecular complexity index is 1550. The predicted octanol–water partition coefficient (Wildman–Crippen LogP) is 5.27. The number of fused-ring (bicyclic) bond motifs is 7. The quantitative estimate of drug-likeness (QED) is 0.387. The number of hydrogen-bond donors (Lipinski definition) is 2. The van der Waals surface area contributed by atoms with Crippen LogP contribution in [-0.2, 0) is 16.4 Å². The van der Waals surface area contributed by atoms with E-state index < -0.39 is 10.0 Å². The van der Waals surface area contributed by atoms with Gasteiger partial charge >= 0.3 is 0 Å². The number of nitrogens with one attached hydrogen (secondary N) is 2. The number of halogens is 1. The molecule has 1 fully saturated rings. The van der Waals surface area contributed by atoms with Crippen molar-refractivity contribution < 1.29 is 17.9 Å². The minimum Gasteiger partial charge on any atom is -0.494 e. The van der Waals surface area contributed by atoms with E-state index >= 15 is 0 Å². The molecule has 2 N–H and O–H groups in total. The Hall–Kier alpha value is -3.48. The van der Waals surface area contributed by atoms with Crippen molar-refractivity contribution in [2.45, 2.75) is 32.6 Å². The summed E-state index contributed by atoms with van der Waals surface area (Å²) >= 11 is 6.52. The standard InChI is InChI=1S/C30H40ClN7O4S/c1-5-41-28-19-26(38-14-12-36(2)13-15-38)21-9-7-6-8-16-42-22-10-11-24(27(18-22)37(3)43(4,39)40)33-29-23(31)20-32-30(35-29)34-25(28)17-21/h10-11,17-20H,5-9,12-16H2,1-4H3,(H2,32,33,34,35). The van der Waals surface area contributed by atoms with Gasteiger partial charge in [0.15, 0.2) is 5.82 Å². The van der Waals surface area contributed by atoms with Crippen LogP contribution in [0.15, 0.2) is 36.5 Å². The van der Waals surface area contributed by atoms with Crippen molar-refractivity contribution >= 4 is 56.1 Å². The van der Waals surface area contributed by atoms with E-state index in [1.807, 2.05) is 6.92 Å². The lowest BCUT2D eigenvalue weighted by Gasteiger charge is -2.35. The van der Waals surface area contributed by atoms with Gasteiger partial charge in [-0.2, -0.15) is 4.98 Å². The van der Waals surface area contributed by atoms with Crippen molar-refractivity contribution in [2.75, 3.05) is 79.6 Å². The summed E-state index contributed by atoms with van der Waals surface area (Å²) in [4.78, 5) is 13.9. The summed E-state index contributed by atoms with van der Waals surface area (Å²) < 4.78 is 38.3. The first-order chi connectivity index (χ1) is 20.6. The van der Waals surface area contributed by atoms with Gasteiger partial charge in [0, 0.05) is 51.0 Å². The Morgan fingerprint density at radius 3 is 2.60 bits per heavy atom. The molecule has 6 rings (SSSR count). The van der Waals surface area contributed by atoms with Crippen molar-refractivity contribution in [3.8, 4) is 11.5 Å². The van der Waals surface area contributed by atoms with Crippen LogP contribution in [-0.4, -0.2) is 83.0 Å². The summed E-state index contributed by atoms with van der Waals surface area (Å²) in [6.07, 6.45) is 6.41. The lowest BCUT2D eigenvalue weighted by atomic mass is 10.0. The molecule has 1 saturated heterocycles. The van der Waals surface area contributed by atoms with Gasteiger partial charge in [-0.3, -0.25) is 4.31 Å². The first-order valence-electron chi connectivity index (χ1n) is 14.6. The number of nitrogens with zero attached hydrogens (tertiary/aromatic N) is 5. The molecule has 0 aliphatic carbocycles. The topological polar surface area (TPSA) is 112 Å². The number of hydrogen-bond acceptors (Lipinski definition) is 10. The molecule has 232 valence electrons. The summed E-state index contributed by atoms with van der Waals surface area (Å²) in [6, 6.07) is 9.57. The Morgan fingerprint density at radius 1 is 1.07 bits per heavy atom. The summed E-state index contributed by atoms with van der Waals surface area (Å²) in [5.74, 6) is 1.96. The third-order valence-electron chi connectivity index (χ3n) is 7.73. The molecule has 4 heterocycles. The second-order valence-corrected chi connectivity index (χ2v) is 13.3. The van der Waals surface area contributed by atoms with E-state index in [1.165, 1.54) is 28.8 Å². The van der Waals surface area contributed by atoms with E-state index in [-0.39, 0.29) is 5.02 Å². The van der Waals surface area contributed by atoms with Crippen LogP contribution in [0.25, 0.3) is 0 Å². The third kappa shape index (κ3) is 7.54. The Labute approximate surface area is 259 Å². The minimum absolute atomic E-state index is 0.282. The number of piperazine rings is 1. The zero-order chi connectivity index (χ0) is 30.6. The Balaban J connectivity index is 1.56.